The lowest BCUT2D eigenvalue weighted by molar-refractivity contribution is 0.373. The van der Waals surface area contributed by atoms with Gasteiger partial charge >= 0.3 is 0 Å². The molecule has 1 heterocycles. The maximum atomic E-state index is 9.51. The average Bonchev–Trinajstić information content (AvgIpc) is 2.36. The van der Waals surface area contributed by atoms with Crippen LogP contribution in [0.4, 0.5) is 0 Å². The molecule has 1 aromatic heterocycles. The first-order chi connectivity index (χ1) is 8.52. The molecule has 0 radical (unpaired) electrons. The number of halogens is 3. The Bertz CT molecular complexity index is 585. The molecule has 18 heavy (non-hydrogen) atoms. The van der Waals surface area contributed by atoms with E-state index in [4.69, 9.17) is 27.9 Å². The van der Waals surface area contributed by atoms with Crippen molar-refractivity contribution in [3.63, 3.8) is 0 Å². The zero-order chi connectivity index (χ0) is 13.3. The highest BCUT2D eigenvalue weighted by molar-refractivity contribution is 9.10. The Morgan fingerprint density at radius 1 is 1.22 bits per heavy atom. The minimum absolute atomic E-state index is 0.0376. The molecule has 7 heteroatoms. The molecule has 2 aromatic rings. The molecular weight excluding hydrogens is 343 g/mol. The lowest BCUT2D eigenvalue weighted by atomic mass is 10.2. The van der Waals surface area contributed by atoms with Crippen molar-refractivity contribution in [3.05, 3.63) is 33.0 Å². The minimum atomic E-state index is 0.0376. The Morgan fingerprint density at radius 3 is 2.39 bits per heavy atom. The first kappa shape index (κ1) is 13.4. The van der Waals surface area contributed by atoms with Crippen molar-refractivity contribution in [2.24, 2.45) is 0 Å². The van der Waals surface area contributed by atoms with Gasteiger partial charge in [-0.25, -0.2) is 9.97 Å². The van der Waals surface area contributed by atoms with Gasteiger partial charge < -0.3 is 9.84 Å². The number of phenolic OH excluding ortho intramolecular Hbond substituents is 1. The lowest BCUT2D eigenvalue weighted by Crippen LogP contribution is -1.93. The average molecular weight is 350 g/mol. The van der Waals surface area contributed by atoms with Crippen LogP contribution in [0.2, 0.25) is 10.3 Å². The summed E-state index contributed by atoms with van der Waals surface area (Å²) >= 11 is 15.0. The largest absolute Gasteiger partial charge is 0.504 e. The van der Waals surface area contributed by atoms with E-state index in [9.17, 15) is 5.11 Å². The number of hydrogen-bond donors (Lipinski definition) is 1. The first-order valence-corrected chi connectivity index (χ1v) is 6.33. The predicted octanol–water partition coefficient (Wildman–Crippen LogP) is 3.93. The fourth-order valence-corrected chi connectivity index (χ4v) is 1.90. The minimum Gasteiger partial charge on any atom is -0.504 e. The van der Waals surface area contributed by atoms with E-state index >= 15 is 0 Å². The number of methoxy groups -OCH3 is 1. The van der Waals surface area contributed by atoms with Crippen molar-refractivity contribution in [1.82, 2.24) is 9.97 Å². The summed E-state index contributed by atoms with van der Waals surface area (Å²) in [6, 6.07) is 4.74. The van der Waals surface area contributed by atoms with Gasteiger partial charge in [0.25, 0.3) is 0 Å². The van der Waals surface area contributed by atoms with Crippen LogP contribution in [0.5, 0.6) is 11.5 Å². The van der Waals surface area contributed by atoms with E-state index in [1.165, 1.54) is 13.2 Å². The monoisotopic (exact) mass is 348 g/mol. The summed E-state index contributed by atoms with van der Waals surface area (Å²) in [5.74, 6) is 0.716. The molecule has 0 saturated carbocycles. The lowest BCUT2D eigenvalue weighted by Gasteiger charge is -2.07. The fraction of sp³-hybridized carbons (Fsp3) is 0.0909. The smallest absolute Gasteiger partial charge is 0.162 e. The number of phenols is 1. The van der Waals surface area contributed by atoms with E-state index in [2.05, 4.69) is 25.9 Å². The Morgan fingerprint density at radius 2 is 1.83 bits per heavy atom. The second-order valence-corrected chi connectivity index (χ2v) is 4.84. The van der Waals surface area contributed by atoms with Crippen LogP contribution in [0.15, 0.2) is 22.7 Å². The molecule has 4 nitrogen and oxygen atoms in total. The highest BCUT2D eigenvalue weighted by Gasteiger charge is 2.12. The number of hydrogen-bond acceptors (Lipinski definition) is 4. The molecule has 1 aromatic carbocycles. The van der Waals surface area contributed by atoms with Crippen molar-refractivity contribution in [2.75, 3.05) is 7.11 Å². The second-order valence-electron chi connectivity index (χ2n) is 3.33. The number of ether oxygens (including phenoxy) is 1. The molecule has 0 amide bonds. The summed E-state index contributed by atoms with van der Waals surface area (Å²) in [7, 11) is 1.46. The molecule has 94 valence electrons. The van der Waals surface area contributed by atoms with Crippen molar-refractivity contribution in [3.8, 4) is 22.9 Å². The highest BCUT2D eigenvalue weighted by Crippen LogP contribution is 2.33. The van der Waals surface area contributed by atoms with Gasteiger partial charge in [-0.05, 0) is 34.1 Å². The van der Waals surface area contributed by atoms with Crippen LogP contribution >= 0.6 is 39.1 Å². The van der Waals surface area contributed by atoms with Gasteiger partial charge in [0.15, 0.2) is 17.3 Å². The van der Waals surface area contributed by atoms with E-state index in [1.54, 1.807) is 12.1 Å². The van der Waals surface area contributed by atoms with Gasteiger partial charge in [-0.3, -0.25) is 0 Å². The molecule has 0 fully saturated rings. The molecular formula is C11H7BrCl2N2O2. The number of benzene rings is 1. The molecule has 0 aliphatic heterocycles. The fourth-order valence-electron chi connectivity index (χ4n) is 1.34. The number of rotatable bonds is 2. The number of nitrogens with zero attached hydrogens (tertiary/aromatic N) is 2. The Labute approximate surface area is 122 Å². The van der Waals surface area contributed by atoms with Crippen LogP contribution in [0, 0.1) is 0 Å². The maximum absolute atomic E-state index is 9.51. The summed E-state index contributed by atoms with van der Waals surface area (Å²) in [6.45, 7) is 0. The van der Waals surface area contributed by atoms with Crippen LogP contribution < -0.4 is 4.74 Å². The molecule has 1 N–H and O–H groups in total. The van der Waals surface area contributed by atoms with Crippen molar-refractivity contribution < 1.29 is 9.84 Å². The quantitative estimate of drug-likeness (QED) is 0.834. The molecule has 0 bridgehead atoms. The summed E-state index contributed by atoms with van der Waals surface area (Å²) < 4.78 is 5.46. The molecule has 2 rings (SSSR count). The highest BCUT2D eigenvalue weighted by atomic mass is 79.9. The zero-order valence-corrected chi connectivity index (χ0v) is 12.2. The summed E-state index contributed by atoms with van der Waals surface area (Å²) in [4.78, 5) is 8.19. The van der Waals surface area contributed by atoms with Crippen LogP contribution in [-0.2, 0) is 0 Å². The third-order valence-electron chi connectivity index (χ3n) is 2.21. The van der Waals surface area contributed by atoms with Gasteiger partial charge in [0, 0.05) is 5.56 Å². The van der Waals surface area contributed by atoms with Gasteiger partial charge in [0.05, 0.1) is 11.6 Å². The van der Waals surface area contributed by atoms with Gasteiger partial charge in [0.2, 0.25) is 0 Å². The predicted molar refractivity (Wildman–Crippen MR) is 73.4 cm³/mol. The third kappa shape index (κ3) is 2.53. The van der Waals surface area contributed by atoms with Crippen LogP contribution in [0.3, 0.4) is 0 Å². The van der Waals surface area contributed by atoms with Crippen molar-refractivity contribution >= 4 is 39.1 Å². The van der Waals surface area contributed by atoms with Crippen LogP contribution in [0.1, 0.15) is 0 Å². The normalized spacial score (nSPS) is 10.4. The molecule has 0 aliphatic rings. The van der Waals surface area contributed by atoms with Gasteiger partial charge in [0.1, 0.15) is 10.3 Å². The van der Waals surface area contributed by atoms with E-state index in [-0.39, 0.29) is 16.1 Å². The van der Waals surface area contributed by atoms with E-state index in [1.807, 2.05) is 0 Å². The van der Waals surface area contributed by atoms with E-state index < -0.39 is 0 Å². The number of aromatic nitrogens is 2. The van der Waals surface area contributed by atoms with Crippen molar-refractivity contribution in [2.45, 2.75) is 0 Å². The first-order valence-electron chi connectivity index (χ1n) is 4.79. The summed E-state index contributed by atoms with van der Waals surface area (Å²) in [5, 5.41) is 9.95. The molecule has 0 spiro atoms. The van der Waals surface area contributed by atoms with Crippen molar-refractivity contribution in [1.29, 1.82) is 0 Å². The molecule has 0 saturated heterocycles. The summed E-state index contributed by atoms with van der Waals surface area (Å²) in [6.07, 6.45) is 0. The topological polar surface area (TPSA) is 55.2 Å². The van der Waals surface area contributed by atoms with Gasteiger partial charge in [-0.2, -0.15) is 0 Å². The third-order valence-corrected chi connectivity index (χ3v) is 3.96. The van der Waals surface area contributed by atoms with E-state index in [0.29, 0.717) is 21.6 Å². The van der Waals surface area contributed by atoms with Crippen LogP contribution in [-0.4, -0.2) is 22.2 Å². The van der Waals surface area contributed by atoms with Crippen LogP contribution in [0.25, 0.3) is 11.4 Å². The molecule has 0 aliphatic carbocycles. The maximum Gasteiger partial charge on any atom is 0.162 e. The Hall–Kier alpha value is -1.04. The number of aromatic hydroxyl groups is 1. The van der Waals surface area contributed by atoms with E-state index in [0.717, 1.165) is 0 Å². The molecule has 0 atom stereocenters. The zero-order valence-electron chi connectivity index (χ0n) is 9.12. The SMILES string of the molecule is COc1cc(-c2nc(Cl)c(Br)c(Cl)n2)ccc1O. The standard InChI is InChI=1S/C11H7BrCl2N2O2/c1-18-7-4-5(2-3-6(7)17)11-15-9(13)8(12)10(14)16-11/h2-4,17H,1H3. The Balaban J connectivity index is 2.55. The molecule has 0 unspecified atom stereocenters. The van der Waals surface area contributed by atoms with Gasteiger partial charge in [-0.15, -0.1) is 0 Å². The Kier molecular flexibility index (Phi) is 3.94. The second kappa shape index (κ2) is 5.30. The summed E-state index contributed by atoms with van der Waals surface area (Å²) in [5.41, 5.74) is 0.640. The van der Waals surface area contributed by atoms with Gasteiger partial charge in [-0.1, -0.05) is 23.2 Å².